The summed E-state index contributed by atoms with van der Waals surface area (Å²) >= 11 is 32.8. The van der Waals surface area contributed by atoms with E-state index in [1.807, 2.05) is 133 Å². The molecule has 690 valence electrons. The molecule has 28 aromatic rings. The van der Waals surface area contributed by atoms with Crippen molar-refractivity contribution in [3.8, 4) is 147 Å². The molecule has 12 nitrogen and oxygen atoms in total. The van der Waals surface area contributed by atoms with Crippen LogP contribution in [0.4, 0.5) is 0 Å². The second-order valence-electron chi connectivity index (χ2n) is 34.9. The molecule has 0 fully saturated rings. The molecule has 20 aromatic carbocycles. The summed E-state index contributed by atoms with van der Waals surface area (Å²) in [6.07, 6.45) is 0. The molecule has 146 heavy (non-hydrogen) atoms. The van der Waals surface area contributed by atoms with Crippen LogP contribution < -0.4 is 0 Å². The van der Waals surface area contributed by atoms with E-state index in [0.29, 0.717) is 46.6 Å². The van der Waals surface area contributed by atoms with Gasteiger partial charge in [0.05, 0.1) is 0 Å². The topological polar surface area (TPSA) is 155 Å². The molecule has 0 aliphatic heterocycles. The molecule has 0 radical (unpaired) electrons. The van der Waals surface area contributed by atoms with Crippen molar-refractivity contribution in [2.24, 2.45) is 0 Å². The summed E-state index contributed by atoms with van der Waals surface area (Å²) in [6, 6.07) is 155. The minimum Gasteiger partial charge on any atom is -0.208 e. The van der Waals surface area contributed by atoms with Crippen LogP contribution in [0.1, 0.15) is 0 Å². The van der Waals surface area contributed by atoms with Gasteiger partial charge >= 0.3 is 0 Å². The van der Waals surface area contributed by atoms with Crippen molar-refractivity contribution in [3.05, 3.63) is 470 Å². The van der Waals surface area contributed by atoms with Gasteiger partial charge in [0.1, 0.15) is 0 Å². The van der Waals surface area contributed by atoms with Gasteiger partial charge < -0.3 is 0 Å². The maximum Gasteiger partial charge on any atom is 0.226 e. The molecule has 0 aliphatic rings. The molecule has 0 aliphatic carbocycles. The Hall–Kier alpha value is -16.7. The normalized spacial score (nSPS) is 11.4. The summed E-state index contributed by atoms with van der Waals surface area (Å²) < 4.78 is 9.68. The number of halogens is 4. The van der Waals surface area contributed by atoms with Gasteiger partial charge in [0, 0.05) is 125 Å². The minimum atomic E-state index is 0.176. The Morgan fingerprint density at radius 1 is 0.137 bits per heavy atom. The fourth-order valence-corrected chi connectivity index (χ4v) is 24.9. The number of hydrogen-bond donors (Lipinski definition) is 0. The molecule has 20 heteroatoms. The first-order valence-corrected chi connectivity index (χ1v) is 52.1. The highest BCUT2D eigenvalue weighted by Gasteiger charge is 2.25. The van der Waals surface area contributed by atoms with Crippen LogP contribution in [0.3, 0.4) is 0 Å². The van der Waals surface area contributed by atoms with Crippen LogP contribution in [0, 0.1) is 0 Å². The molecule has 8 aromatic heterocycles. The summed E-state index contributed by atoms with van der Waals surface area (Å²) in [5, 5.41) is 17.6. The number of benzene rings is 20. The lowest BCUT2D eigenvalue weighted by molar-refractivity contribution is 1.07. The van der Waals surface area contributed by atoms with Crippen molar-refractivity contribution in [1.29, 1.82) is 0 Å². The summed E-state index contributed by atoms with van der Waals surface area (Å²) in [7, 11) is 0. The summed E-state index contributed by atoms with van der Waals surface area (Å²) in [4.78, 5) is 55.2. The fraction of sp³-hybridized carbons (Fsp3) is 0. The Bertz CT molecular complexity index is 9910. The molecule has 8 heterocycles. The lowest BCUT2D eigenvalue weighted by Crippen LogP contribution is -1.98. The highest BCUT2D eigenvalue weighted by atomic mass is 35.5. The van der Waals surface area contributed by atoms with Gasteiger partial charge in [0.2, 0.25) is 21.1 Å². The fourth-order valence-electron chi connectivity index (χ4n) is 19.5. The highest BCUT2D eigenvalue weighted by molar-refractivity contribution is 7.27. The number of fused-ring (bicyclic) bond motifs is 16. The molecule has 0 unspecified atom stereocenters. The van der Waals surface area contributed by atoms with E-state index >= 15 is 0 Å². The SMILES string of the molecule is Clc1nc(-c2cccc(-c3ccccc3)c2)nc(-c2cccc3sc4cccc(-c5ccccc5)c4c23)n1.Clc1nc(-c2ccccc2)nc(-c2cccc3sc4c(-c5ccccc5)cccc4c23)n1.Clc1nc(-c2ccccc2)nc(-c2cccc3sc4cc(-c5cc6ccccc6c6ccccc56)ccc4c23)n1.Clc1nc(-c2ccccc2)nc(-c2cccc3sc4ccc(-c5cccc6ccccc56)cc4c23)n1. The Morgan fingerprint density at radius 3 is 1.01 bits per heavy atom. The third-order valence-corrected chi connectivity index (χ3v) is 31.4. The van der Waals surface area contributed by atoms with Gasteiger partial charge in [-0.2, -0.15) is 39.9 Å². The van der Waals surface area contributed by atoms with Crippen molar-refractivity contribution in [3.63, 3.8) is 0 Å². The first kappa shape index (κ1) is 90.5. The third-order valence-electron chi connectivity index (χ3n) is 26.1. The van der Waals surface area contributed by atoms with Crippen LogP contribution in [0.15, 0.2) is 449 Å². The Labute approximate surface area is 873 Å². The first-order chi connectivity index (χ1) is 72.0. The van der Waals surface area contributed by atoms with Crippen molar-refractivity contribution in [1.82, 2.24) is 59.8 Å². The monoisotopic (exact) mass is 2020 g/mol. The number of nitrogens with zero attached hydrogens (tertiary/aromatic N) is 12. The number of aromatic nitrogens is 12. The van der Waals surface area contributed by atoms with Crippen molar-refractivity contribution in [2.45, 2.75) is 0 Å². The maximum atomic E-state index is 6.52. The molecule has 28 rings (SSSR count). The Morgan fingerprint density at radius 2 is 0.466 bits per heavy atom. The molecule has 0 bridgehead atoms. The van der Waals surface area contributed by atoms with E-state index in [1.54, 1.807) is 45.3 Å². The van der Waals surface area contributed by atoms with Gasteiger partial charge in [-0.25, -0.2) is 19.9 Å². The van der Waals surface area contributed by atoms with E-state index in [2.05, 4.69) is 355 Å². The minimum absolute atomic E-state index is 0.176. The second-order valence-corrected chi connectivity index (χ2v) is 40.6. The molecule has 0 amide bonds. The molecule has 0 saturated heterocycles. The van der Waals surface area contributed by atoms with E-state index in [-0.39, 0.29) is 21.1 Å². The maximum absolute atomic E-state index is 6.52. The van der Waals surface area contributed by atoms with Gasteiger partial charge in [-0.05, 0) is 195 Å². The largest absolute Gasteiger partial charge is 0.226 e. The molecule has 0 saturated carbocycles. The van der Waals surface area contributed by atoms with Gasteiger partial charge in [-0.3, -0.25) is 0 Å². The van der Waals surface area contributed by atoms with E-state index in [1.165, 1.54) is 136 Å². The van der Waals surface area contributed by atoms with Crippen molar-refractivity contribution >= 4 is 205 Å². The van der Waals surface area contributed by atoms with Crippen LogP contribution in [0.25, 0.3) is 260 Å². The first-order valence-electron chi connectivity index (χ1n) is 47.3. The zero-order chi connectivity index (χ0) is 97.7. The summed E-state index contributed by atoms with van der Waals surface area (Å²) in [6.45, 7) is 0. The third kappa shape index (κ3) is 17.7. The number of thiophene rings is 4. The van der Waals surface area contributed by atoms with E-state index in [0.717, 1.165) is 77.2 Å². The van der Waals surface area contributed by atoms with Crippen LogP contribution >= 0.6 is 91.8 Å². The van der Waals surface area contributed by atoms with Crippen molar-refractivity contribution < 1.29 is 0 Å². The summed E-state index contributed by atoms with van der Waals surface area (Å²) in [5.74, 6) is 4.57. The standard InChI is InChI=1S/C35H20ClN3S.C33H20ClN3S.C31H18ClN3S.C27H16ClN3S/c36-35-38-33(21-9-2-1-3-10-21)37-34(39-35)28-15-8-16-30-32(28)27-18-17-23(20-31(27)40-30)29-19-22-11-4-5-12-24(22)25-13-6-7-14-26(25)29;34-33-36-31(24-15-7-14-23(20-24)21-10-3-1-4-11-21)35-32(37-33)26-17-9-19-28-30(26)29-25(16-8-18-27(29)38-28)22-12-5-2-6-13-22;32-31-34-29(20-9-2-1-3-10-20)33-30(35-31)24-14-7-15-27-28(24)25-18-21(16-17-26(25)36-27)23-13-6-11-19-8-4-5-12-22(19)23;28-27-30-25(18-11-5-2-6-12-18)29-26(31-27)21-15-8-16-22-23(21)20-14-7-13-19(24(20)32-22)17-9-3-1-4-10-17/h1-20H;1-20H;1-18H;1-16H. The average molecular weight is 2030 g/mol. The Balaban J connectivity index is 0.000000102. The highest BCUT2D eigenvalue weighted by Crippen LogP contribution is 2.50. The van der Waals surface area contributed by atoms with Gasteiger partial charge in [-0.1, -0.05) is 388 Å². The van der Waals surface area contributed by atoms with Crippen LogP contribution in [0.5, 0.6) is 0 Å². The van der Waals surface area contributed by atoms with Crippen LogP contribution in [-0.4, -0.2) is 59.8 Å². The van der Waals surface area contributed by atoms with E-state index in [9.17, 15) is 0 Å². The van der Waals surface area contributed by atoms with Gasteiger partial charge in [-0.15, -0.1) is 45.3 Å². The molecule has 0 spiro atoms. The number of hydrogen-bond acceptors (Lipinski definition) is 16. The molecule has 0 N–H and O–H groups in total. The van der Waals surface area contributed by atoms with Crippen LogP contribution in [0.2, 0.25) is 21.1 Å². The zero-order valence-corrected chi connectivity index (χ0v) is 83.5. The lowest BCUT2D eigenvalue weighted by Gasteiger charge is -2.11. The molecular formula is C126H74Cl4N12S4. The molecular weight excluding hydrogens is 1950 g/mol. The van der Waals surface area contributed by atoms with Crippen LogP contribution in [-0.2, 0) is 0 Å². The Kier molecular flexibility index (Phi) is 24.5. The quantitative estimate of drug-likeness (QED) is 0.101. The average Bonchev–Trinajstić information content (AvgIpc) is 1.62. The van der Waals surface area contributed by atoms with Gasteiger partial charge in [0.15, 0.2) is 46.6 Å². The predicted octanol–water partition coefficient (Wildman–Crippen LogP) is 36.7. The summed E-state index contributed by atoms with van der Waals surface area (Å²) in [5.41, 5.74) is 19.3. The van der Waals surface area contributed by atoms with Crippen molar-refractivity contribution in [2.75, 3.05) is 0 Å². The second kappa shape index (κ2) is 39.5. The number of rotatable bonds is 13. The lowest BCUT2D eigenvalue weighted by atomic mass is 9.93. The predicted molar refractivity (Wildman–Crippen MR) is 614 cm³/mol. The smallest absolute Gasteiger partial charge is 0.208 e. The van der Waals surface area contributed by atoms with E-state index < -0.39 is 0 Å². The molecule has 0 atom stereocenters. The van der Waals surface area contributed by atoms with Gasteiger partial charge in [0.25, 0.3) is 0 Å². The van der Waals surface area contributed by atoms with E-state index in [4.69, 9.17) is 66.3 Å². The zero-order valence-electron chi connectivity index (χ0n) is 77.2.